The number of nitrogens with one attached hydrogen (secondary N) is 1. The summed E-state index contributed by atoms with van der Waals surface area (Å²) >= 11 is 0. The number of hydrazone groups is 1. The molecule has 0 saturated carbocycles. The second-order valence-electron chi connectivity index (χ2n) is 4.90. The SMILES string of the molecule is CCc1ccc(C(=O)N/N=C\C(C)=C/c2ccccc2)nc1. The van der Waals surface area contributed by atoms with Crippen LogP contribution in [-0.4, -0.2) is 17.1 Å². The van der Waals surface area contributed by atoms with Crippen LogP contribution in [-0.2, 0) is 6.42 Å². The maximum atomic E-state index is 11.9. The Kier molecular flexibility index (Phi) is 5.60. The zero-order chi connectivity index (χ0) is 15.8. The molecule has 0 fully saturated rings. The third-order valence-corrected chi connectivity index (χ3v) is 3.09. The van der Waals surface area contributed by atoms with Gasteiger partial charge in [-0.1, -0.05) is 49.4 Å². The molecule has 1 aromatic carbocycles. The maximum absolute atomic E-state index is 11.9. The predicted octanol–water partition coefficient (Wildman–Crippen LogP) is 3.46. The number of pyridine rings is 1. The predicted molar refractivity (Wildman–Crippen MR) is 89.7 cm³/mol. The van der Waals surface area contributed by atoms with Crippen LogP contribution >= 0.6 is 0 Å². The molecule has 4 nitrogen and oxygen atoms in total. The second kappa shape index (κ2) is 7.88. The van der Waals surface area contributed by atoms with Crippen LogP contribution in [0, 0.1) is 0 Å². The first-order valence-corrected chi connectivity index (χ1v) is 7.20. The van der Waals surface area contributed by atoms with Crippen molar-refractivity contribution in [2.24, 2.45) is 5.10 Å². The number of nitrogens with zero attached hydrogens (tertiary/aromatic N) is 2. The van der Waals surface area contributed by atoms with E-state index in [1.54, 1.807) is 18.5 Å². The lowest BCUT2D eigenvalue weighted by molar-refractivity contribution is 0.0950. The first-order valence-electron chi connectivity index (χ1n) is 7.20. The van der Waals surface area contributed by atoms with Gasteiger partial charge < -0.3 is 0 Å². The average molecular weight is 293 g/mol. The highest BCUT2D eigenvalue weighted by Crippen LogP contribution is 2.04. The summed E-state index contributed by atoms with van der Waals surface area (Å²) in [5, 5.41) is 3.95. The summed E-state index contributed by atoms with van der Waals surface area (Å²) in [6.45, 7) is 3.97. The summed E-state index contributed by atoms with van der Waals surface area (Å²) in [7, 11) is 0. The minimum absolute atomic E-state index is 0.314. The lowest BCUT2D eigenvalue weighted by Gasteiger charge is -2.00. The average Bonchev–Trinajstić information content (AvgIpc) is 2.55. The van der Waals surface area contributed by atoms with Crippen molar-refractivity contribution in [3.05, 3.63) is 71.1 Å². The van der Waals surface area contributed by atoms with Gasteiger partial charge in [-0.2, -0.15) is 5.10 Å². The molecule has 112 valence electrons. The van der Waals surface area contributed by atoms with Gasteiger partial charge in [-0.05, 0) is 36.1 Å². The van der Waals surface area contributed by atoms with Crippen molar-refractivity contribution in [1.29, 1.82) is 0 Å². The van der Waals surface area contributed by atoms with Gasteiger partial charge in [0.15, 0.2) is 0 Å². The van der Waals surface area contributed by atoms with Gasteiger partial charge in [0.2, 0.25) is 0 Å². The lowest BCUT2D eigenvalue weighted by Crippen LogP contribution is -2.18. The number of allylic oxidation sites excluding steroid dienone is 1. The molecule has 0 aliphatic heterocycles. The molecule has 1 heterocycles. The lowest BCUT2D eigenvalue weighted by atomic mass is 10.1. The van der Waals surface area contributed by atoms with E-state index in [0.717, 1.165) is 23.1 Å². The number of carbonyl (C=O) groups excluding carboxylic acids is 1. The van der Waals surface area contributed by atoms with E-state index in [1.807, 2.05) is 56.3 Å². The number of aromatic nitrogens is 1. The highest BCUT2D eigenvalue weighted by atomic mass is 16.2. The fourth-order valence-electron chi connectivity index (χ4n) is 1.87. The first kappa shape index (κ1) is 15.6. The molecule has 0 unspecified atom stereocenters. The second-order valence-corrected chi connectivity index (χ2v) is 4.90. The van der Waals surface area contributed by atoms with Crippen molar-refractivity contribution in [3.8, 4) is 0 Å². The molecule has 1 aromatic heterocycles. The van der Waals surface area contributed by atoms with E-state index in [0.29, 0.717) is 5.69 Å². The number of benzene rings is 1. The summed E-state index contributed by atoms with van der Waals surface area (Å²) in [6, 6.07) is 13.5. The monoisotopic (exact) mass is 293 g/mol. The van der Waals surface area contributed by atoms with Crippen molar-refractivity contribution < 1.29 is 4.79 Å². The van der Waals surface area contributed by atoms with E-state index < -0.39 is 0 Å². The van der Waals surface area contributed by atoms with Gasteiger partial charge in [-0.25, -0.2) is 5.43 Å². The van der Waals surface area contributed by atoms with Gasteiger partial charge >= 0.3 is 0 Å². The van der Waals surface area contributed by atoms with Crippen molar-refractivity contribution >= 4 is 18.2 Å². The molecule has 1 amide bonds. The summed E-state index contributed by atoms with van der Waals surface area (Å²) in [4.78, 5) is 16.0. The van der Waals surface area contributed by atoms with Gasteiger partial charge in [-0.15, -0.1) is 0 Å². The fraction of sp³-hybridized carbons (Fsp3) is 0.167. The molecular weight excluding hydrogens is 274 g/mol. The largest absolute Gasteiger partial charge is 0.289 e. The van der Waals surface area contributed by atoms with Crippen LogP contribution in [0.3, 0.4) is 0 Å². The van der Waals surface area contributed by atoms with Crippen LogP contribution in [0.15, 0.2) is 59.3 Å². The number of rotatable bonds is 5. The van der Waals surface area contributed by atoms with E-state index in [9.17, 15) is 4.79 Å². The summed E-state index contributed by atoms with van der Waals surface area (Å²) < 4.78 is 0. The molecule has 0 aliphatic rings. The number of amides is 1. The topological polar surface area (TPSA) is 54.4 Å². The fourth-order valence-corrected chi connectivity index (χ4v) is 1.87. The highest BCUT2D eigenvalue weighted by molar-refractivity contribution is 5.93. The Morgan fingerprint density at radius 2 is 2.00 bits per heavy atom. The van der Waals surface area contributed by atoms with Crippen LogP contribution in [0.2, 0.25) is 0 Å². The summed E-state index contributed by atoms with van der Waals surface area (Å²) in [6.07, 6.45) is 6.21. The van der Waals surface area contributed by atoms with Crippen molar-refractivity contribution in [3.63, 3.8) is 0 Å². The van der Waals surface area contributed by atoms with Crippen LogP contribution in [0.1, 0.15) is 35.5 Å². The zero-order valence-electron chi connectivity index (χ0n) is 12.8. The Balaban J connectivity index is 1.93. The van der Waals surface area contributed by atoms with Crippen LogP contribution in [0.25, 0.3) is 6.08 Å². The van der Waals surface area contributed by atoms with E-state index in [1.165, 1.54) is 0 Å². The minimum atomic E-state index is -0.314. The molecule has 4 heteroatoms. The first-order chi connectivity index (χ1) is 10.7. The molecule has 0 saturated heterocycles. The Labute approximate surface area is 130 Å². The molecule has 22 heavy (non-hydrogen) atoms. The third kappa shape index (κ3) is 4.66. The molecule has 2 aromatic rings. The number of hydrogen-bond donors (Lipinski definition) is 1. The van der Waals surface area contributed by atoms with Crippen LogP contribution in [0.4, 0.5) is 0 Å². The van der Waals surface area contributed by atoms with Gasteiger partial charge in [0.05, 0.1) is 6.21 Å². The van der Waals surface area contributed by atoms with Crippen LogP contribution < -0.4 is 5.43 Å². The van der Waals surface area contributed by atoms with Crippen molar-refractivity contribution in [2.45, 2.75) is 20.3 Å². The van der Waals surface area contributed by atoms with E-state index in [-0.39, 0.29) is 5.91 Å². The van der Waals surface area contributed by atoms with E-state index in [4.69, 9.17) is 0 Å². The quantitative estimate of drug-likeness (QED) is 0.678. The standard InChI is InChI=1S/C18H19N3O/c1-3-15-9-10-17(19-13-15)18(22)21-20-12-14(2)11-16-7-5-4-6-8-16/h4-13H,3H2,1-2H3,(H,21,22)/b14-11-,20-12-. The minimum Gasteiger partial charge on any atom is -0.266 e. The molecule has 0 radical (unpaired) electrons. The van der Waals surface area contributed by atoms with Gasteiger partial charge in [0.25, 0.3) is 5.91 Å². The Hall–Kier alpha value is -2.75. The Morgan fingerprint density at radius 3 is 2.64 bits per heavy atom. The molecule has 0 atom stereocenters. The molecule has 0 bridgehead atoms. The summed E-state index contributed by atoms with van der Waals surface area (Å²) in [5.74, 6) is -0.314. The normalized spacial score (nSPS) is 11.6. The highest BCUT2D eigenvalue weighted by Gasteiger charge is 2.04. The summed E-state index contributed by atoms with van der Waals surface area (Å²) in [5.41, 5.74) is 5.98. The molecule has 1 N–H and O–H groups in total. The van der Waals surface area contributed by atoms with Crippen molar-refractivity contribution in [1.82, 2.24) is 10.4 Å². The molecule has 2 rings (SSSR count). The Morgan fingerprint density at radius 1 is 1.23 bits per heavy atom. The smallest absolute Gasteiger partial charge is 0.266 e. The number of carbonyl (C=O) groups is 1. The number of aryl methyl sites for hydroxylation is 1. The molecular formula is C18H19N3O. The molecule has 0 spiro atoms. The van der Waals surface area contributed by atoms with Gasteiger partial charge in [0, 0.05) is 6.20 Å². The maximum Gasteiger partial charge on any atom is 0.289 e. The third-order valence-electron chi connectivity index (χ3n) is 3.09. The van der Waals surface area contributed by atoms with Gasteiger partial charge in [-0.3, -0.25) is 9.78 Å². The van der Waals surface area contributed by atoms with Crippen molar-refractivity contribution in [2.75, 3.05) is 0 Å². The Bertz CT molecular complexity index is 673. The van der Waals surface area contributed by atoms with E-state index in [2.05, 4.69) is 15.5 Å². The van der Waals surface area contributed by atoms with Gasteiger partial charge in [0.1, 0.15) is 5.69 Å². The van der Waals surface area contributed by atoms with E-state index >= 15 is 0 Å². The molecule has 0 aliphatic carbocycles. The van der Waals surface area contributed by atoms with Crippen LogP contribution in [0.5, 0.6) is 0 Å². The number of hydrogen-bond acceptors (Lipinski definition) is 3. The zero-order valence-corrected chi connectivity index (χ0v) is 12.8.